The summed E-state index contributed by atoms with van der Waals surface area (Å²) in [6.07, 6.45) is 0. The lowest BCUT2D eigenvalue weighted by Crippen LogP contribution is -2.24. The van der Waals surface area contributed by atoms with Gasteiger partial charge in [-0.2, -0.15) is 0 Å². The van der Waals surface area contributed by atoms with Crippen molar-refractivity contribution in [1.82, 2.24) is 5.32 Å². The van der Waals surface area contributed by atoms with E-state index in [9.17, 15) is 18.0 Å². The number of amides is 1. The number of nitrogens with two attached hydrogens (primary N) is 1. The summed E-state index contributed by atoms with van der Waals surface area (Å²) < 4.78 is 28.1. The highest BCUT2D eigenvalue weighted by Crippen LogP contribution is 2.19. The fourth-order valence-corrected chi connectivity index (χ4v) is 3.30. The van der Waals surface area contributed by atoms with Gasteiger partial charge in [-0.3, -0.25) is 9.59 Å². The predicted molar refractivity (Wildman–Crippen MR) is 101 cm³/mol. The smallest absolute Gasteiger partial charge is 0.287 e. The first-order valence-corrected chi connectivity index (χ1v) is 9.65. The van der Waals surface area contributed by atoms with Gasteiger partial charge >= 0.3 is 0 Å². The van der Waals surface area contributed by atoms with Crippen LogP contribution in [0.2, 0.25) is 0 Å². The molecular weight excluding hydrogens is 368 g/mol. The maximum Gasteiger partial charge on any atom is 0.287 e. The summed E-state index contributed by atoms with van der Waals surface area (Å²) in [4.78, 5) is 24.7. The van der Waals surface area contributed by atoms with Gasteiger partial charge in [0.25, 0.3) is 5.91 Å². The third-order valence-electron chi connectivity index (χ3n) is 4.09. The lowest BCUT2D eigenvalue weighted by atomic mass is 10.1. The van der Waals surface area contributed by atoms with Gasteiger partial charge in [-0.05, 0) is 48.7 Å². The highest BCUT2D eigenvalue weighted by atomic mass is 32.2. The van der Waals surface area contributed by atoms with Crippen LogP contribution in [0.15, 0.2) is 56.6 Å². The zero-order valence-corrected chi connectivity index (χ0v) is 15.6. The molecule has 3 N–H and O–H groups in total. The summed E-state index contributed by atoms with van der Waals surface area (Å²) in [7, 11) is -3.76. The van der Waals surface area contributed by atoms with Gasteiger partial charge in [-0.1, -0.05) is 18.2 Å². The van der Waals surface area contributed by atoms with Crippen LogP contribution in [0.5, 0.6) is 0 Å². The molecule has 1 aromatic heterocycles. The lowest BCUT2D eigenvalue weighted by molar-refractivity contribution is 0.0923. The maximum absolute atomic E-state index is 12.4. The molecule has 3 aromatic rings. The maximum atomic E-state index is 12.4. The molecule has 140 valence electrons. The topological polar surface area (TPSA) is 119 Å². The molecule has 0 aliphatic carbocycles. The van der Waals surface area contributed by atoms with E-state index in [1.807, 2.05) is 19.9 Å². The third kappa shape index (κ3) is 4.07. The number of aryl methyl sites for hydroxylation is 2. The number of carbonyl (C=O) groups is 1. The minimum Gasteiger partial charge on any atom is -0.450 e. The Labute approximate surface area is 155 Å². The number of hydrogen-bond donors (Lipinski definition) is 2. The second-order valence-electron chi connectivity index (χ2n) is 6.31. The number of primary sulfonamides is 1. The molecule has 2 aromatic carbocycles. The molecule has 0 bridgehead atoms. The van der Waals surface area contributed by atoms with Gasteiger partial charge < -0.3 is 9.73 Å². The molecule has 0 aliphatic heterocycles. The van der Waals surface area contributed by atoms with Crippen molar-refractivity contribution in [2.24, 2.45) is 5.14 Å². The van der Waals surface area contributed by atoms with Crippen LogP contribution in [0.25, 0.3) is 11.0 Å². The largest absolute Gasteiger partial charge is 0.450 e. The first-order valence-electron chi connectivity index (χ1n) is 8.10. The molecule has 3 rings (SSSR count). The first-order chi connectivity index (χ1) is 12.6. The summed E-state index contributed by atoms with van der Waals surface area (Å²) >= 11 is 0. The van der Waals surface area contributed by atoms with Crippen LogP contribution >= 0.6 is 0 Å². The van der Waals surface area contributed by atoms with E-state index in [2.05, 4.69) is 5.32 Å². The number of fused-ring (bicyclic) bond motifs is 1. The summed E-state index contributed by atoms with van der Waals surface area (Å²) in [5, 5.41) is 8.12. The molecule has 1 heterocycles. The van der Waals surface area contributed by atoms with Crippen molar-refractivity contribution in [2.75, 3.05) is 0 Å². The molecule has 0 saturated carbocycles. The molecule has 0 saturated heterocycles. The van der Waals surface area contributed by atoms with Crippen LogP contribution < -0.4 is 15.9 Å². The zero-order chi connectivity index (χ0) is 19.8. The van der Waals surface area contributed by atoms with E-state index in [-0.39, 0.29) is 22.6 Å². The van der Waals surface area contributed by atoms with E-state index in [1.54, 1.807) is 18.2 Å². The van der Waals surface area contributed by atoms with E-state index in [0.717, 1.165) is 11.1 Å². The highest BCUT2D eigenvalue weighted by Gasteiger charge is 2.14. The number of hydrogen-bond acceptors (Lipinski definition) is 5. The lowest BCUT2D eigenvalue weighted by Gasteiger charge is -2.08. The summed E-state index contributed by atoms with van der Waals surface area (Å²) in [5.41, 5.74) is 2.48. The number of sulfonamides is 1. The van der Waals surface area contributed by atoms with Crippen molar-refractivity contribution in [3.63, 3.8) is 0 Å². The second-order valence-corrected chi connectivity index (χ2v) is 7.87. The van der Waals surface area contributed by atoms with E-state index in [0.29, 0.717) is 16.5 Å². The molecule has 0 radical (unpaired) electrons. The van der Waals surface area contributed by atoms with Crippen molar-refractivity contribution >= 4 is 26.9 Å². The Bertz CT molecular complexity index is 1200. The molecule has 0 atom stereocenters. The minimum atomic E-state index is -3.76. The van der Waals surface area contributed by atoms with E-state index >= 15 is 0 Å². The molecule has 0 aliphatic rings. The van der Waals surface area contributed by atoms with Crippen LogP contribution in [0.3, 0.4) is 0 Å². The highest BCUT2D eigenvalue weighted by molar-refractivity contribution is 7.89. The van der Waals surface area contributed by atoms with Crippen LogP contribution in [0.1, 0.15) is 27.2 Å². The van der Waals surface area contributed by atoms with Crippen molar-refractivity contribution < 1.29 is 17.6 Å². The summed E-state index contributed by atoms with van der Waals surface area (Å²) in [6, 6.07) is 10.6. The third-order valence-corrected chi connectivity index (χ3v) is 5.02. The van der Waals surface area contributed by atoms with Crippen molar-refractivity contribution in [2.45, 2.75) is 25.3 Å². The van der Waals surface area contributed by atoms with Gasteiger partial charge in [-0.25, -0.2) is 13.6 Å². The van der Waals surface area contributed by atoms with Crippen LogP contribution in [0, 0.1) is 13.8 Å². The van der Waals surface area contributed by atoms with Crippen molar-refractivity contribution in [1.29, 1.82) is 0 Å². The summed E-state index contributed by atoms with van der Waals surface area (Å²) in [6.45, 7) is 3.83. The molecule has 0 fully saturated rings. The monoisotopic (exact) mass is 386 g/mol. The van der Waals surface area contributed by atoms with Crippen molar-refractivity contribution in [3.05, 3.63) is 75.1 Å². The van der Waals surface area contributed by atoms with Gasteiger partial charge in [-0.15, -0.1) is 0 Å². The quantitative estimate of drug-likeness (QED) is 0.710. The summed E-state index contributed by atoms with van der Waals surface area (Å²) in [5.74, 6) is -0.620. The molecule has 27 heavy (non-hydrogen) atoms. The molecule has 7 nitrogen and oxygen atoms in total. The fraction of sp³-hybridized carbons (Fsp3) is 0.158. The first kappa shape index (κ1) is 18.8. The molecule has 1 amide bonds. The number of carbonyl (C=O) groups excluding carboxylic acids is 1. The predicted octanol–water partition coefficient (Wildman–Crippen LogP) is 1.99. The Hall–Kier alpha value is -2.97. The molecular formula is C19H18N2O5S. The van der Waals surface area contributed by atoms with E-state index in [1.165, 1.54) is 18.2 Å². The number of benzene rings is 2. The average molecular weight is 386 g/mol. The zero-order valence-electron chi connectivity index (χ0n) is 14.8. The van der Waals surface area contributed by atoms with E-state index < -0.39 is 15.9 Å². The van der Waals surface area contributed by atoms with Gasteiger partial charge in [0.2, 0.25) is 10.0 Å². The fourth-order valence-electron chi connectivity index (χ4n) is 2.79. The Balaban J connectivity index is 1.81. The number of nitrogens with one attached hydrogen (secondary N) is 1. The Morgan fingerprint density at radius 2 is 1.78 bits per heavy atom. The molecule has 0 spiro atoms. The molecule has 0 unspecified atom stereocenters. The van der Waals surface area contributed by atoms with Crippen LogP contribution in [-0.4, -0.2) is 14.3 Å². The van der Waals surface area contributed by atoms with E-state index in [4.69, 9.17) is 9.56 Å². The van der Waals surface area contributed by atoms with Gasteiger partial charge in [0.1, 0.15) is 5.58 Å². The van der Waals surface area contributed by atoms with Crippen LogP contribution in [-0.2, 0) is 16.6 Å². The normalized spacial score (nSPS) is 11.5. The van der Waals surface area contributed by atoms with Gasteiger partial charge in [0.05, 0.1) is 10.3 Å². The SMILES string of the molecule is Cc1cc(C)c2oc(C(=O)NCc3ccc(S(N)(=O)=O)cc3)cc(=O)c2c1. The van der Waals surface area contributed by atoms with Gasteiger partial charge in [0, 0.05) is 12.6 Å². The minimum absolute atomic E-state index is 0.0103. The number of rotatable bonds is 4. The Morgan fingerprint density at radius 3 is 2.41 bits per heavy atom. The molecule has 8 heteroatoms. The standard InChI is InChI=1S/C19H18N2O5S/c1-11-7-12(2)18-15(8-11)16(22)9-17(26-18)19(23)21-10-13-3-5-14(6-4-13)27(20,24)25/h3-9H,10H2,1-2H3,(H,21,23)(H2,20,24,25). The van der Waals surface area contributed by atoms with Gasteiger partial charge in [0.15, 0.2) is 11.2 Å². The van der Waals surface area contributed by atoms with Crippen molar-refractivity contribution in [3.8, 4) is 0 Å². The average Bonchev–Trinajstić information content (AvgIpc) is 2.60. The Morgan fingerprint density at radius 1 is 1.11 bits per heavy atom. The Kier molecular flexibility index (Phi) is 4.86. The van der Waals surface area contributed by atoms with Crippen LogP contribution in [0.4, 0.5) is 0 Å². The second kappa shape index (κ2) is 6.98.